The molecule has 106 valence electrons. The number of likely N-dealkylation sites (tertiary alicyclic amines) is 1. The molecular formula is C15H18BrN3O. The number of carbonyl (C=O) groups excluding carboxylic acids is 1. The Labute approximate surface area is 127 Å². The minimum absolute atomic E-state index is 0.171. The molecule has 4 nitrogen and oxygen atoms in total. The lowest BCUT2D eigenvalue weighted by molar-refractivity contribution is 0.0881. The van der Waals surface area contributed by atoms with Crippen LogP contribution in [0.25, 0.3) is 0 Å². The molecule has 0 spiro atoms. The molecule has 0 aromatic heterocycles. The molecule has 1 N–H and O–H groups in total. The summed E-state index contributed by atoms with van der Waals surface area (Å²) in [5.41, 5.74) is 0.790. The van der Waals surface area contributed by atoms with Crippen molar-refractivity contribution in [3.8, 4) is 6.07 Å². The van der Waals surface area contributed by atoms with E-state index < -0.39 is 5.54 Å². The van der Waals surface area contributed by atoms with Gasteiger partial charge in [-0.3, -0.25) is 4.79 Å². The van der Waals surface area contributed by atoms with Crippen LogP contribution in [0.15, 0.2) is 22.7 Å². The maximum Gasteiger partial charge on any atom is 0.252 e. The zero-order chi connectivity index (χ0) is 14.8. The molecule has 0 saturated carbocycles. The van der Waals surface area contributed by atoms with Crippen LogP contribution in [0.1, 0.15) is 28.8 Å². The average molecular weight is 336 g/mol. The van der Waals surface area contributed by atoms with Crippen LogP contribution in [-0.4, -0.2) is 36.5 Å². The maximum atomic E-state index is 12.4. The van der Waals surface area contributed by atoms with Crippen molar-refractivity contribution in [2.75, 3.05) is 20.1 Å². The highest BCUT2D eigenvalue weighted by molar-refractivity contribution is 9.10. The highest BCUT2D eigenvalue weighted by atomic mass is 79.9. The quantitative estimate of drug-likeness (QED) is 0.903. The molecule has 0 radical (unpaired) electrons. The van der Waals surface area contributed by atoms with Crippen molar-refractivity contribution >= 4 is 21.8 Å². The number of amides is 1. The van der Waals surface area contributed by atoms with E-state index in [1.165, 1.54) is 0 Å². The largest absolute Gasteiger partial charge is 0.334 e. The third kappa shape index (κ3) is 3.20. The van der Waals surface area contributed by atoms with Gasteiger partial charge in [0.2, 0.25) is 0 Å². The molecule has 1 aromatic rings. The molecule has 1 fully saturated rings. The van der Waals surface area contributed by atoms with Gasteiger partial charge < -0.3 is 10.2 Å². The number of halogens is 1. The van der Waals surface area contributed by atoms with E-state index >= 15 is 0 Å². The summed E-state index contributed by atoms with van der Waals surface area (Å²) in [5.74, 6) is -0.171. The first-order valence-corrected chi connectivity index (χ1v) is 7.43. The van der Waals surface area contributed by atoms with Crippen LogP contribution in [0.5, 0.6) is 0 Å². The van der Waals surface area contributed by atoms with E-state index in [4.69, 9.17) is 0 Å². The first kappa shape index (κ1) is 15.0. The van der Waals surface area contributed by atoms with Gasteiger partial charge in [0.25, 0.3) is 5.91 Å². The Morgan fingerprint density at radius 2 is 2.10 bits per heavy atom. The molecule has 1 aliphatic rings. The van der Waals surface area contributed by atoms with Gasteiger partial charge in [0.05, 0.1) is 6.07 Å². The Balaban J connectivity index is 2.18. The number of nitrogens with zero attached hydrogens (tertiary/aromatic N) is 2. The Morgan fingerprint density at radius 3 is 2.70 bits per heavy atom. The molecule has 0 aliphatic carbocycles. The van der Waals surface area contributed by atoms with Crippen molar-refractivity contribution < 1.29 is 4.79 Å². The SMILES string of the molecule is Cc1ccc(Br)cc1C(=O)NC1(C#N)CCN(C)CC1. The van der Waals surface area contributed by atoms with Gasteiger partial charge in [-0.25, -0.2) is 0 Å². The average Bonchev–Trinajstić information content (AvgIpc) is 2.44. The number of piperidine rings is 1. The van der Waals surface area contributed by atoms with Crippen molar-refractivity contribution in [3.05, 3.63) is 33.8 Å². The lowest BCUT2D eigenvalue weighted by Gasteiger charge is -2.36. The molecule has 20 heavy (non-hydrogen) atoms. The Morgan fingerprint density at radius 1 is 1.45 bits per heavy atom. The van der Waals surface area contributed by atoms with Gasteiger partial charge in [-0.2, -0.15) is 5.26 Å². The number of nitrogens with one attached hydrogen (secondary N) is 1. The van der Waals surface area contributed by atoms with Gasteiger partial charge in [0.1, 0.15) is 5.54 Å². The van der Waals surface area contributed by atoms with Gasteiger partial charge in [-0.15, -0.1) is 0 Å². The minimum atomic E-state index is -0.738. The number of benzene rings is 1. The standard InChI is InChI=1S/C15H18BrN3O/c1-11-3-4-12(16)9-13(11)14(20)18-15(10-17)5-7-19(2)8-6-15/h3-4,9H,5-8H2,1-2H3,(H,18,20). The summed E-state index contributed by atoms with van der Waals surface area (Å²) in [6, 6.07) is 7.90. The lowest BCUT2D eigenvalue weighted by atomic mass is 9.88. The van der Waals surface area contributed by atoms with E-state index in [0.29, 0.717) is 18.4 Å². The van der Waals surface area contributed by atoms with Crippen LogP contribution >= 0.6 is 15.9 Å². The number of rotatable bonds is 2. The number of hydrogen-bond acceptors (Lipinski definition) is 3. The molecule has 1 aliphatic heterocycles. The van der Waals surface area contributed by atoms with Gasteiger partial charge in [0, 0.05) is 23.1 Å². The second-order valence-corrected chi connectivity index (χ2v) is 6.33. The summed E-state index contributed by atoms with van der Waals surface area (Å²) in [7, 11) is 2.03. The normalized spacial score (nSPS) is 18.3. The van der Waals surface area contributed by atoms with E-state index in [9.17, 15) is 10.1 Å². The van der Waals surface area contributed by atoms with Gasteiger partial charge in [-0.1, -0.05) is 22.0 Å². The fourth-order valence-electron chi connectivity index (χ4n) is 2.39. The summed E-state index contributed by atoms with van der Waals surface area (Å²) >= 11 is 3.38. The molecule has 1 saturated heterocycles. The summed E-state index contributed by atoms with van der Waals surface area (Å²) < 4.78 is 0.864. The Hall–Kier alpha value is -1.38. The monoisotopic (exact) mass is 335 g/mol. The maximum absolute atomic E-state index is 12.4. The Kier molecular flexibility index (Phi) is 4.46. The van der Waals surface area contributed by atoms with Crippen molar-refractivity contribution in [1.29, 1.82) is 5.26 Å². The zero-order valence-electron chi connectivity index (χ0n) is 11.7. The smallest absolute Gasteiger partial charge is 0.252 e. The van der Waals surface area contributed by atoms with E-state index in [1.54, 1.807) is 6.07 Å². The molecule has 1 aromatic carbocycles. The summed E-state index contributed by atoms with van der Waals surface area (Å²) in [4.78, 5) is 14.6. The van der Waals surface area contributed by atoms with Crippen molar-refractivity contribution in [1.82, 2.24) is 10.2 Å². The summed E-state index contributed by atoms with van der Waals surface area (Å²) in [6.07, 6.45) is 1.33. The van der Waals surface area contributed by atoms with Crippen LogP contribution in [0.2, 0.25) is 0 Å². The minimum Gasteiger partial charge on any atom is -0.334 e. The molecule has 0 bridgehead atoms. The van der Waals surface area contributed by atoms with Crippen molar-refractivity contribution in [2.45, 2.75) is 25.3 Å². The van der Waals surface area contributed by atoms with Crippen LogP contribution in [0, 0.1) is 18.3 Å². The van der Waals surface area contributed by atoms with Crippen LogP contribution in [-0.2, 0) is 0 Å². The fraction of sp³-hybridized carbons (Fsp3) is 0.467. The van der Waals surface area contributed by atoms with Crippen LogP contribution < -0.4 is 5.32 Å². The molecular weight excluding hydrogens is 318 g/mol. The highest BCUT2D eigenvalue weighted by Gasteiger charge is 2.35. The van der Waals surface area contributed by atoms with E-state index in [0.717, 1.165) is 23.1 Å². The fourth-order valence-corrected chi connectivity index (χ4v) is 2.75. The Bertz CT molecular complexity index is 557. The highest BCUT2D eigenvalue weighted by Crippen LogP contribution is 2.23. The first-order valence-electron chi connectivity index (χ1n) is 6.64. The number of nitriles is 1. The van der Waals surface area contributed by atoms with Gasteiger partial charge in [0.15, 0.2) is 0 Å². The van der Waals surface area contributed by atoms with E-state index in [1.807, 2.05) is 26.1 Å². The third-order valence-corrected chi connectivity index (χ3v) is 4.34. The molecule has 1 heterocycles. The lowest BCUT2D eigenvalue weighted by Crippen LogP contribution is -2.53. The van der Waals surface area contributed by atoms with E-state index in [2.05, 4.69) is 32.2 Å². The number of aryl methyl sites for hydroxylation is 1. The number of hydrogen-bond donors (Lipinski definition) is 1. The topological polar surface area (TPSA) is 56.1 Å². The third-order valence-electron chi connectivity index (χ3n) is 3.85. The summed E-state index contributed by atoms with van der Waals surface area (Å²) in [5, 5.41) is 12.4. The summed E-state index contributed by atoms with van der Waals surface area (Å²) in [6.45, 7) is 3.55. The van der Waals surface area contributed by atoms with Gasteiger partial charge in [-0.05, 0) is 44.5 Å². The van der Waals surface area contributed by atoms with Crippen LogP contribution in [0.4, 0.5) is 0 Å². The zero-order valence-corrected chi connectivity index (χ0v) is 13.3. The van der Waals surface area contributed by atoms with Crippen molar-refractivity contribution in [3.63, 3.8) is 0 Å². The van der Waals surface area contributed by atoms with Gasteiger partial charge >= 0.3 is 0 Å². The molecule has 2 rings (SSSR count). The number of carbonyl (C=O) groups is 1. The predicted octanol–water partition coefficient (Wildman–Crippen LogP) is 2.48. The molecule has 0 atom stereocenters. The molecule has 5 heteroatoms. The predicted molar refractivity (Wildman–Crippen MR) is 81.4 cm³/mol. The van der Waals surface area contributed by atoms with E-state index in [-0.39, 0.29) is 5.91 Å². The second kappa shape index (κ2) is 5.94. The van der Waals surface area contributed by atoms with Crippen LogP contribution in [0.3, 0.4) is 0 Å². The second-order valence-electron chi connectivity index (χ2n) is 5.41. The van der Waals surface area contributed by atoms with Crippen molar-refractivity contribution in [2.24, 2.45) is 0 Å². The molecule has 0 unspecified atom stereocenters. The first-order chi connectivity index (χ1) is 9.46. The molecule has 1 amide bonds.